The van der Waals surface area contributed by atoms with Gasteiger partial charge in [-0.05, 0) is 24.7 Å². The van der Waals surface area contributed by atoms with Crippen molar-refractivity contribution >= 4 is 0 Å². The molecule has 1 saturated carbocycles. The average Bonchev–Trinajstić information content (AvgIpc) is 2.74. The normalized spacial score (nSPS) is 38.8. The van der Waals surface area contributed by atoms with Gasteiger partial charge in [0.1, 0.15) is 0 Å². The summed E-state index contributed by atoms with van der Waals surface area (Å²) in [7, 11) is 0. The predicted molar refractivity (Wildman–Crippen MR) is 69.6 cm³/mol. The molecule has 0 spiro atoms. The minimum Gasteiger partial charge on any atom is -0.311 e. The van der Waals surface area contributed by atoms with Gasteiger partial charge in [0, 0.05) is 31.7 Å². The Labute approximate surface area is 101 Å². The molecule has 2 fully saturated rings. The van der Waals surface area contributed by atoms with Crippen LogP contribution in [0, 0.1) is 11.8 Å². The molecular weight excluding hydrogens is 196 g/mol. The van der Waals surface area contributed by atoms with Crippen LogP contribution in [-0.4, -0.2) is 36.6 Å². The quantitative estimate of drug-likeness (QED) is 0.792. The third-order valence-corrected chi connectivity index (χ3v) is 4.85. The lowest BCUT2D eigenvalue weighted by Crippen LogP contribution is -2.56. The molecular formula is C14H28N2. The second-order valence-electron chi connectivity index (χ2n) is 5.92. The number of nitrogens with zero attached hydrogens (tertiary/aromatic N) is 1. The van der Waals surface area contributed by atoms with Crippen molar-refractivity contribution in [1.82, 2.24) is 10.2 Å². The molecule has 0 amide bonds. The highest BCUT2D eigenvalue weighted by Gasteiger charge is 2.32. The van der Waals surface area contributed by atoms with Crippen molar-refractivity contribution < 1.29 is 0 Å². The van der Waals surface area contributed by atoms with Crippen molar-refractivity contribution in [3.05, 3.63) is 0 Å². The van der Waals surface area contributed by atoms with Crippen LogP contribution >= 0.6 is 0 Å². The van der Waals surface area contributed by atoms with E-state index in [0.717, 1.165) is 23.9 Å². The first-order valence-electron chi connectivity index (χ1n) is 7.19. The van der Waals surface area contributed by atoms with Crippen LogP contribution in [-0.2, 0) is 0 Å². The summed E-state index contributed by atoms with van der Waals surface area (Å²) in [5.41, 5.74) is 0. The molecule has 2 heteroatoms. The smallest absolute Gasteiger partial charge is 0.0221 e. The number of hydrogen-bond acceptors (Lipinski definition) is 2. The van der Waals surface area contributed by atoms with E-state index in [2.05, 4.69) is 31.0 Å². The van der Waals surface area contributed by atoms with Gasteiger partial charge in [0.15, 0.2) is 0 Å². The molecule has 0 radical (unpaired) electrons. The molecule has 2 nitrogen and oxygen atoms in total. The molecule has 1 N–H and O–H groups in total. The van der Waals surface area contributed by atoms with Crippen LogP contribution in [0.5, 0.6) is 0 Å². The van der Waals surface area contributed by atoms with Crippen molar-refractivity contribution in [3.8, 4) is 0 Å². The van der Waals surface area contributed by atoms with Crippen LogP contribution in [0.4, 0.5) is 0 Å². The molecule has 16 heavy (non-hydrogen) atoms. The van der Waals surface area contributed by atoms with Crippen molar-refractivity contribution in [2.75, 3.05) is 19.6 Å². The Morgan fingerprint density at radius 2 is 2.19 bits per heavy atom. The average molecular weight is 224 g/mol. The topological polar surface area (TPSA) is 15.3 Å². The fourth-order valence-electron chi connectivity index (χ4n) is 3.44. The van der Waals surface area contributed by atoms with E-state index in [-0.39, 0.29) is 0 Å². The number of rotatable bonds is 3. The van der Waals surface area contributed by atoms with Gasteiger partial charge in [0.25, 0.3) is 0 Å². The Morgan fingerprint density at radius 3 is 2.81 bits per heavy atom. The van der Waals surface area contributed by atoms with Gasteiger partial charge in [-0.3, -0.25) is 4.90 Å². The minimum atomic E-state index is 0.728. The maximum Gasteiger partial charge on any atom is 0.0221 e. The molecule has 0 aromatic carbocycles. The van der Waals surface area contributed by atoms with Crippen molar-refractivity contribution in [2.45, 2.75) is 58.5 Å². The first-order valence-corrected chi connectivity index (χ1v) is 7.19. The molecule has 1 saturated heterocycles. The monoisotopic (exact) mass is 224 g/mol. The van der Waals surface area contributed by atoms with E-state index >= 15 is 0 Å². The molecule has 94 valence electrons. The lowest BCUT2D eigenvalue weighted by molar-refractivity contribution is 0.104. The van der Waals surface area contributed by atoms with Gasteiger partial charge in [0.05, 0.1) is 0 Å². The first-order chi connectivity index (χ1) is 7.72. The van der Waals surface area contributed by atoms with Crippen LogP contribution in [0.25, 0.3) is 0 Å². The molecule has 0 bridgehead atoms. The summed E-state index contributed by atoms with van der Waals surface area (Å²) in [6.45, 7) is 10.9. The third kappa shape index (κ3) is 2.60. The second kappa shape index (κ2) is 5.50. The van der Waals surface area contributed by atoms with E-state index in [4.69, 9.17) is 0 Å². The van der Waals surface area contributed by atoms with E-state index in [0.29, 0.717) is 0 Å². The van der Waals surface area contributed by atoms with E-state index < -0.39 is 0 Å². The summed E-state index contributed by atoms with van der Waals surface area (Å²) in [4.78, 5) is 2.77. The number of hydrogen-bond donors (Lipinski definition) is 1. The Balaban J connectivity index is 1.91. The van der Waals surface area contributed by atoms with Gasteiger partial charge in [-0.25, -0.2) is 0 Å². The summed E-state index contributed by atoms with van der Waals surface area (Å²) in [5.74, 6) is 1.75. The third-order valence-electron chi connectivity index (χ3n) is 4.85. The lowest BCUT2D eigenvalue weighted by atomic mass is 9.95. The molecule has 4 unspecified atom stereocenters. The standard InChI is InChI=1S/C14H28N2/c1-4-11(2)13-10-16(9-8-15-13)14-7-5-6-12(14)3/h11-15H,4-10H2,1-3H3. The fraction of sp³-hybridized carbons (Fsp3) is 1.00. The largest absolute Gasteiger partial charge is 0.311 e. The van der Waals surface area contributed by atoms with Crippen LogP contribution < -0.4 is 5.32 Å². The Hall–Kier alpha value is -0.0800. The van der Waals surface area contributed by atoms with Gasteiger partial charge in [-0.15, -0.1) is 0 Å². The maximum atomic E-state index is 3.70. The van der Waals surface area contributed by atoms with E-state index in [9.17, 15) is 0 Å². The Kier molecular flexibility index (Phi) is 4.26. The zero-order chi connectivity index (χ0) is 11.5. The molecule has 4 atom stereocenters. The number of piperazine rings is 1. The summed E-state index contributed by atoms with van der Waals surface area (Å²) in [6.07, 6.45) is 5.63. The highest BCUT2D eigenvalue weighted by molar-refractivity contribution is 4.89. The highest BCUT2D eigenvalue weighted by atomic mass is 15.2. The van der Waals surface area contributed by atoms with Gasteiger partial charge in [-0.1, -0.05) is 33.6 Å². The lowest BCUT2D eigenvalue weighted by Gasteiger charge is -2.41. The van der Waals surface area contributed by atoms with Crippen molar-refractivity contribution in [2.24, 2.45) is 11.8 Å². The first kappa shape index (κ1) is 12.4. The summed E-state index contributed by atoms with van der Waals surface area (Å²) < 4.78 is 0. The van der Waals surface area contributed by atoms with Gasteiger partial charge >= 0.3 is 0 Å². The maximum absolute atomic E-state index is 3.70. The Bertz CT molecular complexity index is 217. The molecule has 1 aliphatic carbocycles. The highest BCUT2D eigenvalue weighted by Crippen LogP contribution is 2.30. The minimum absolute atomic E-state index is 0.728. The van der Waals surface area contributed by atoms with E-state index in [1.807, 2.05) is 0 Å². The van der Waals surface area contributed by atoms with Crippen LogP contribution in [0.3, 0.4) is 0 Å². The molecule has 2 rings (SSSR count). The van der Waals surface area contributed by atoms with Gasteiger partial charge in [-0.2, -0.15) is 0 Å². The SMILES string of the molecule is CCC(C)C1CN(C2CCCC2C)CCN1. The number of nitrogens with one attached hydrogen (secondary N) is 1. The van der Waals surface area contributed by atoms with Gasteiger partial charge < -0.3 is 5.32 Å². The summed E-state index contributed by atoms with van der Waals surface area (Å²) in [5, 5.41) is 3.70. The van der Waals surface area contributed by atoms with Crippen LogP contribution in [0.15, 0.2) is 0 Å². The van der Waals surface area contributed by atoms with E-state index in [1.54, 1.807) is 0 Å². The zero-order valence-corrected chi connectivity index (χ0v) is 11.2. The molecule has 0 aromatic rings. The predicted octanol–water partition coefficient (Wildman–Crippen LogP) is 2.49. The van der Waals surface area contributed by atoms with Crippen molar-refractivity contribution in [3.63, 3.8) is 0 Å². The second-order valence-corrected chi connectivity index (χ2v) is 5.92. The summed E-state index contributed by atoms with van der Waals surface area (Å²) in [6, 6.07) is 1.61. The van der Waals surface area contributed by atoms with Crippen LogP contribution in [0.2, 0.25) is 0 Å². The zero-order valence-electron chi connectivity index (χ0n) is 11.2. The molecule has 1 heterocycles. The van der Waals surface area contributed by atoms with Crippen molar-refractivity contribution in [1.29, 1.82) is 0 Å². The molecule has 2 aliphatic rings. The molecule has 1 aliphatic heterocycles. The molecule has 0 aromatic heterocycles. The van der Waals surface area contributed by atoms with E-state index in [1.165, 1.54) is 45.3 Å². The fourth-order valence-corrected chi connectivity index (χ4v) is 3.44. The van der Waals surface area contributed by atoms with Crippen LogP contribution in [0.1, 0.15) is 46.5 Å². The Morgan fingerprint density at radius 1 is 1.38 bits per heavy atom. The van der Waals surface area contributed by atoms with Gasteiger partial charge in [0.2, 0.25) is 0 Å². The summed E-state index contributed by atoms with van der Waals surface area (Å²) >= 11 is 0.